The average Bonchev–Trinajstić information content (AvgIpc) is 1.94. The minimum absolute atomic E-state index is 0. The average molecular weight is 219 g/mol. The molecule has 0 amide bonds. The molecule has 0 saturated heterocycles. The summed E-state index contributed by atoms with van der Waals surface area (Å²) in [5.41, 5.74) is 0. The van der Waals surface area contributed by atoms with E-state index in [9.17, 15) is 0 Å². The molecule has 0 saturated carbocycles. The minimum Gasteiger partial charge on any atom is -0.346 e. The van der Waals surface area contributed by atoms with Crippen LogP contribution in [0.3, 0.4) is 0 Å². The first-order valence-corrected chi connectivity index (χ1v) is 3.83. The van der Waals surface area contributed by atoms with Gasteiger partial charge in [0, 0.05) is 32.7 Å². The van der Waals surface area contributed by atoms with E-state index >= 15 is 0 Å². The van der Waals surface area contributed by atoms with Crippen molar-refractivity contribution in [3.8, 4) is 0 Å². The van der Waals surface area contributed by atoms with E-state index in [0.29, 0.717) is 0 Å². The van der Waals surface area contributed by atoms with Crippen molar-refractivity contribution in [2.45, 2.75) is 47.0 Å². The van der Waals surface area contributed by atoms with E-state index in [1.54, 1.807) is 6.92 Å². The molecule has 63 valence electrons. The summed E-state index contributed by atoms with van der Waals surface area (Å²) in [6.45, 7) is 14.9. The van der Waals surface area contributed by atoms with E-state index in [2.05, 4.69) is 27.7 Å². The van der Waals surface area contributed by atoms with Gasteiger partial charge in [0.15, 0.2) is 0 Å². The Bertz CT molecular complexity index is 12.2. The Morgan fingerprint density at radius 3 is 1.00 bits per heavy atom. The van der Waals surface area contributed by atoms with Crippen molar-refractivity contribution in [2.24, 2.45) is 0 Å². The van der Waals surface area contributed by atoms with Gasteiger partial charge in [-0.05, 0) is 0 Å². The molecule has 0 aliphatic heterocycles. The van der Waals surface area contributed by atoms with Gasteiger partial charge in [-0.15, -0.1) is 0 Å². The van der Waals surface area contributed by atoms with E-state index in [4.69, 9.17) is 0 Å². The van der Waals surface area contributed by atoms with E-state index in [0.717, 1.165) is 6.42 Å². The molecule has 0 rings (SSSR count). The third kappa shape index (κ3) is 135. The van der Waals surface area contributed by atoms with Crippen molar-refractivity contribution in [1.82, 2.24) is 0 Å². The summed E-state index contributed by atoms with van der Waals surface area (Å²) in [5.74, 6) is 0. The second-order valence-electron chi connectivity index (χ2n) is 1.50. The Kier molecular flexibility index (Phi) is 112. The quantitative estimate of drug-likeness (QED) is 0.587. The molecule has 0 heterocycles. The molecule has 0 bridgehead atoms. The van der Waals surface area contributed by atoms with E-state index < -0.39 is 0 Å². The SMILES string of the molecule is CCCC.[CH2-]C.[CH2-]CC.[Y]. The molecule has 0 N–H and O–H groups in total. The van der Waals surface area contributed by atoms with Gasteiger partial charge in [0.05, 0.1) is 0 Å². The van der Waals surface area contributed by atoms with Gasteiger partial charge in [0.25, 0.3) is 0 Å². The van der Waals surface area contributed by atoms with E-state index in [-0.39, 0.29) is 32.7 Å². The normalized spacial score (nSPS) is 5.40. The third-order valence-corrected chi connectivity index (χ3v) is 0.500. The smallest absolute Gasteiger partial charge is 0 e. The molecule has 10 heavy (non-hydrogen) atoms. The summed E-state index contributed by atoms with van der Waals surface area (Å²) in [6.07, 6.45) is 3.64. The summed E-state index contributed by atoms with van der Waals surface area (Å²) < 4.78 is 0. The van der Waals surface area contributed by atoms with Crippen molar-refractivity contribution < 1.29 is 32.7 Å². The molecule has 0 atom stereocenters. The monoisotopic (exact) mass is 219 g/mol. The van der Waals surface area contributed by atoms with Crippen LogP contribution in [0.5, 0.6) is 0 Å². The zero-order valence-electron chi connectivity index (χ0n) is 8.11. The maximum atomic E-state index is 3.49. The Morgan fingerprint density at radius 1 is 0.900 bits per heavy atom. The topological polar surface area (TPSA) is 0 Å². The molecule has 0 aromatic rings. The Labute approximate surface area is 93.1 Å². The molecule has 1 radical (unpaired) electrons. The van der Waals surface area contributed by atoms with Gasteiger partial charge in [0.1, 0.15) is 0 Å². The standard InChI is InChI=1S/C4H10.C3H7.C2H5.Y/c1-3-4-2;1-3-2;1-2;/h3-4H2,1-2H3;1,3H2,2H3;1H2,2H3;/q;2*-1;. The van der Waals surface area contributed by atoms with Crippen molar-refractivity contribution >= 4 is 0 Å². The largest absolute Gasteiger partial charge is 0.346 e. The van der Waals surface area contributed by atoms with Crippen molar-refractivity contribution in [2.75, 3.05) is 0 Å². The van der Waals surface area contributed by atoms with Crippen LogP contribution in [-0.2, 0) is 32.7 Å². The predicted molar refractivity (Wildman–Crippen MR) is 47.3 cm³/mol. The first-order valence-electron chi connectivity index (χ1n) is 3.83. The minimum atomic E-state index is 0. The molecule has 0 unspecified atom stereocenters. The summed E-state index contributed by atoms with van der Waals surface area (Å²) in [6, 6.07) is 0. The molecular weight excluding hydrogens is 197 g/mol. The summed E-state index contributed by atoms with van der Waals surface area (Å²) >= 11 is 0. The maximum Gasteiger partial charge on any atom is 0 e. The van der Waals surface area contributed by atoms with Crippen molar-refractivity contribution in [3.05, 3.63) is 13.8 Å². The fourth-order valence-corrected chi connectivity index (χ4v) is 0. The fraction of sp³-hybridized carbons (Fsp3) is 0.778. The molecule has 0 aromatic heterocycles. The predicted octanol–water partition coefficient (Wildman–Crippen LogP) is 3.87. The number of hydrogen-bond donors (Lipinski definition) is 0. The fourth-order valence-electron chi connectivity index (χ4n) is 0. The Balaban J connectivity index is -0.0000000273. The van der Waals surface area contributed by atoms with Gasteiger partial charge in [-0.3, -0.25) is 0 Å². The second-order valence-corrected chi connectivity index (χ2v) is 1.50. The first kappa shape index (κ1) is 22.5. The van der Waals surface area contributed by atoms with Gasteiger partial charge >= 0.3 is 0 Å². The van der Waals surface area contributed by atoms with E-state index in [1.165, 1.54) is 12.8 Å². The van der Waals surface area contributed by atoms with Gasteiger partial charge in [-0.1, -0.05) is 33.6 Å². The van der Waals surface area contributed by atoms with Gasteiger partial charge < -0.3 is 13.8 Å². The van der Waals surface area contributed by atoms with Crippen LogP contribution in [0.15, 0.2) is 0 Å². The molecule has 0 spiro atoms. The molecule has 1 heteroatoms. The third-order valence-electron chi connectivity index (χ3n) is 0.500. The summed E-state index contributed by atoms with van der Waals surface area (Å²) in [5, 5.41) is 0. The summed E-state index contributed by atoms with van der Waals surface area (Å²) in [7, 11) is 0. The number of unbranched alkanes of at least 4 members (excludes halogenated alkanes) is 1. The van der Waals surface area contributed by atoms with Crippen LogP contribution < -0.4 is 0 Å². The molecule has 0 aliphatic rings. The molecular formula is C9H22Y-2. The van der Waals surface area contributed by atoms with Gasteiger partial charge in [0.2, 0.25) is 0 Å². The van der Waals surface area contributed by atoms with Crippen molar-refractivity contribution in [3.63, 3.8) is 0 Å². The number of hydrogen-bond acceptors (Lipinski definition) is 0. The van der Waals surface area contributed by atoms with Crippen LogP contribution in [-0.4, -0.2) is 0 Å². The van der Waals surface area contributed by atoms with Crippen LogP contribution in [0.25, 0.3) is 0 Å². The van der Waals surface area contributed by atoms with Crippen molar-refractivity contribution in [1.29, 1.82) is 0 Å². The summed E-state index contributed by atoms with van der Waals surface area (Å²) in [4.78, 5) is 0. The van der Waals surface area contributed by atoms with Crippen LogP contribution in [0.1, 0.15) is 47.0 Å². The maximum absolute atomic E-state index is 3.49. The zero-order valence-corrected chi connectivity index (χ0v) is 11.0. The Morgan fingerprint density at radius 2 is 1.00 bits per heavy atom. The molecule has 0 aliphatic carbocycles. The zero-order chi connectivity index (χ0) is 8.12. The molecule has 0 nitrogen and oxygen atoms in total. The second kappa shape index (κ2) is 49.7. The molecule has 0 fully saturated rings. The van der Waals surface area contributed by atoms with Crippen LogP contribution >= 0.6 is 0 Å². The van der Waals surface area contributed by atoms with Crippen LogP contribution in [0, 0.1) is 13.8 Å². The van der Waals surface area contributed by atoms with Crippen LogP contribution in [0.2, 0.25) is 0 Å². The van der Waals surface area contributed by atoms with Crippen LogP contribution in [0.4, 0.5) is 0 Å². The Hall–Kier alpha value is 1.10. The van der Waals surface area contributed by atoms with Gasteiger partial charge in [-0.25, -0.2) is 0 Å². The van der Waals surface area contributed by atoms with Gasteiger partial charge in [-0.2, -0.15) is 13.3 Å². The van der Waals surface area contributed by atoms with E-state index in [1.807, 2.05) is 6.92 Å². The molecule has 0 aromatic carbocycles. The number of rotatable bonds is 1. The first-order chi connectivity index (χ1) is 4.33.